The van der Waals surface area contributed by atoms with Crippen molar-refractivity contribution in [2.24, 2.45) is 5.92 Å². The van der Waals surface area contributed by atoms with Crippen LogP contribution in [-0.4, -0.2) is 43.3 Å². The monoisotopic (exact) mass is 304 g/mol. The molecule has 1 amide bonds. The first kappa shape index (κ1) is 15.2. The molecule has 1 aromatic carbocycles. The predicted molar refractivity (Wildman–Crippen MR) is 84.3 cm³/mol. The molecule has 0 aromatic heterocycles. The number of nitrogens with zero attached hydrogens (tertiary/aromatic N) is 1. The summed E-state index contributed by atoms with van der Waals surface area (Å²) in [5.41, 5.74) is 0.629. The molecular weight excluding hydrogens is 280 g/mol. The molecule has 0 bridgehead atoms. The first-order valence-electron chi connectivity index (χ1n) is 8.05. The number of hydrogen-bond donors (Lipinski definition) is 1. The zero-order chi connectivity index (χ0) is 15.5. The van der Waals surface area contributed by atoms with E-state index in [2.05, 4.69) is 24.1 Å². The normalized spacial score (nSPS) is 18.7. The molecule has 1 aromatic rings. The lowest BCUT2D eigenvalue weighted by atomic mass is 9.96. The van der Waals surface area contributed by atoms with Gasteiger partial charge in [-0.05, 0) is 63.9 Å². The Morgan fingerprint density at radius 2 is 2.00 bits per heavy atom. The maximum absolute atomic E-state index is 12.2. The molecule has 0 aliphatic carbocycles. The van der Waals surface area contributed by atoms with Gasteiger partial charge in [0, 0.05) is 18.2 Å². The second-order valence-corrected chi connectivity index (χ2v) is 6.35. The highest BCUT2D eigenvalue weighted by molar-refractivity contribution is 5.94. The second kappa shape index (κ2) is 6.57. The van der Waals surface area contributed by atoms with Gasteiger partial charge in [-0.2, -0.15) is 0 Å². The number of likely N-dealkylation sites (tertiary alicyclic amines) is 1. The minimum atomic E-state index is -0.0374. The van der Waals surface area contributed by atoms with Crippen LogP contribution in [-0.2, 0) is 0 Å². The topological polar surface area (TPSA) is 50.8 Å². The van der Waals surface area contributed by atoms with Crippen LogP contribution in [0.1, 0.15) is 37.0 Å². The third-order valence-electron chi connectivity index (χ3n) is 4.57. The van der Waals surface area contributed by atoms with Crippen molar-refractivity contribution in [2.45, 2.75) is 32.7 Å². The zero-order valence-corrected chi connectivity index (χ0v) is 13.3. The van der Waals surface area contributed by atoms with E-state index in [0.717, 1.165) is 32.5 Å². The van der Waals surface area contributed by atoms with Crippen molar-refractivity contribution in [3.63, 3.8) is 0 Å². The number of amides is 1. The van der Waals surface area contributed by atoms with E-state index in [0.29, 0.717) is 29.0 Å². The van der Waals surface area contributed by atoms with E-state index < -0.39 is 0 Å². The Morgan fingerprint density at radius 1 is 1.27 bits per heavy atom. The van der Waals surface area contributed by atoms with E-state index in [1.54, 1.807) is 18.2 Å². The summed E-state index contributed by atoms with van der Waals surface area (Å²) in [6.45, 7) is 7.71. The van der Waals surface area contributed by atoms with Gasteiger partial charge in [0.1, 0.15) is 0 Å². The van der Waals surface area contributed by atoms with E-state index >= 15 is 0 Å². The van der Waals surface area contributed by atoms with Gasteiger partial charge in [0.25, 0.3) is 5.91 Å². The number of piperidine rings is 1. The van der Waals surface area contributed by atoms with Crippen LogP contribution < -0.4 is 14.8 Å². The first-order valence-corrected chi connectivity index (χ1v) is 8.05. The Morgan fingerprint density at radius 3 is 2.73 bits per heavy atom. The van der Waals surface area contributed by atoms with Gasteiger partial charge in [-0.1, -0.05) is 0 Å². The molecule has 1 fully saturated rings. The average molecular weight is 304 g/mol. The van der Waals surface area contributed by atoms with Crippen LogP contribution in [0, 0.1) is 5.92 Å². The molecule has 2 aliphatic heterocycles. The summed E-state index contributed by atoms with van der Waals surface area (Å²) in [6.07, 6.45) is 2.30. The molecule has 0 spiro atoms. The van der Waals surface area contributed by atoms with Gasteiger partial charge in [0.15, 0.2) is 11.5 Å². The van der Waals surface area contributed by atoms with Crippen molar-refractivity contribution in [1.29, 1.82) is 0 Å². The van der Waals surface area contributed by atoms with Crippen molar-refractivity contribution in [3.8, 4) is 11.5 Å². The summed E-state index contributed by atoms with van der Waals surface area (Å²) in [5.74, 6) is 1.90. The molecule has 2 aliphatic rings. The summed E-state index contributed by atoms with van der Waals surface area (Å²) < 4.78 is 10.6. The number of rotatable bonds is 4. The average Bonchev–Trinajstić information content (AvgIpc) is 3.00. The molecule has 0 radical (unpaired) electrons. The van der Waals surface area contributed by atoms with Gasteiger partial charge in [-0.3, -0.25) is 4.79 Å². The fourth-order valence-electron chi connectivity index (χ4n) is 3.05. The lowest BCUT2D eigenvalue weighted by Crippen LogP contribution is -2.41. The van der Waals surface area contributed by atoms with Crippen LogP contribution in [0.4, 0.5) is 0 Å². The van der Waals surface area contributed by atoms with Crippen molar-refractivity contribution in [3.05, 3.63) is 23.8 Å². The molecule has 120 valence electrons. The minimum absolute atomic E-state index is 0.0374. The quantitative estimate of drug-likeness (QED) is 0.927. The summed E-state index contributed by atoms with van der Waals surface area (Å²) in [4.78, 5) is 14.7. The number of carbonyl (C=O) groups excluding carboxylic acids is 1. The standard InChI is InChI=1S/C17H24N2O3/c1-12(2)19-7-5-13(6-8-19)10-18-17(20)14-3-4-15-16(9-14)22-11-21-15/h3-4,9,12-13H,5-8,10-11H2,1-2H3,(H,18,20). The predicted octanol–water partition coefficient (Wildman–Crippen LogP) is 2.27. The molecule has 5 heteroatoms. The van der Waals surface area contributed by atoms with Crippen LogP contribution in [0.2, 0.25) is 0 Å². The van der Waals surface area contributed by atoms with E-state index in [-0.39, 0.29) is 12.7 Å². The Hall–Kier alpha value is -1.75. The first-order chi connectivity index (χ1) is 10.6. The number of carbonyl (C=O) groups is 1. The Labute approximate surface area is 131 Å². The number of benzene rings is 1. The number of fused-ring (bicyclic) bond motifs is 1. The van der Waals surface area contributed by atoms with Crippen LogP contribution >= 0.6 is 0 Å². The molecular formula is C17H24N2O3. The van der Waals surface area contributed by atoms with Crippen LogP contribution in [0.15, 0.2) is 18.2 Å². The van der Waals surface area contributed by atoms with E-state index in [1.807, 2.05) is 0 Å². The van der Waals surface area contributed by atoms with Crippen LogP contribution in [0.5, 0.6) is 11.5 Å². The molecule has 0 saturated carbocycles. The van der Waals surface area contributed by atoms with E-state index in [9.17, 15) is 4.79 Å². The second-order valence-electron chi connectivity index (χ2n) is 6.35. The maximum atomic E-state index is 12.2. The zero-order valence-electron chi connectivity index (χ0n) is 13.3. The molecule has 22 heavy (non-hydrogen) atoms. The SMILES string of the molecule is CC(C)N1CCC(CNC(=O)c2ccc3c(c2)OCO3)CC1. The lowest BCUT2D eigenvalue weighted by molar-refractivity contribution is 0.0929. The minimum Gasteiger partial charge on any atom is -0.454 e. The Bertz CT molecular complexity index is 537. The Kier molecular flexibility index (Phi) is 4.52. The summed E-state index contributed by atoms with van der Waals surface area (Å²) >= 11 is 0. The van der Waals surface area contributed by atoms with Gasteiger partial charge >= 0.3 is 0 Å². The summed E-state index contributed by atoms with van der Waals surface area (Å²) in [7, 11) is 0. The molecule has 1 saturated heterocycles. The fourth-order valence-corrected chi connectivity index (χ4v) is 3.05. The summed E-state index contributed by atoms with van der Waals surface area (Å²) in [5, 5.41) is 3.05. The van der Waals surface area contributed by atoms with Crippen molar-refractivity contribution < 1.29 is 14.3 Å². The maximum Gasteiger partial charge on any atom is 0.251 e. The fraction of sp³-hybridized carbons (Fsp3) is 0.588. The highest BCUT2D eigenvalue weighted by Crippen LogP contribution is 2.32. The molecule has 3 rings (SSSR count). The molecule has 0 atom stereocenters. The molecule has 1 N–H and O–H groups in total. The number of ether oxygens (including phenoxy) is 2. The van der Waals surface area contributed by atoms with E-state index in [4.69, 9.17) is 9.47 Å². The van der Waals surface area contributed by atoms with Gasteiger partial charge in [-0.15, -0.1) is 0 Å². The summed E-state index contributed by atoms with van der Waals surface area (Å²) in [6, 6.07) is 5.94. The molecule has 0 unspecified atom stereocenters. The number of hydrogen-bond acceptors (Lipinski definition) is 4. The van der Waals surface area contributed by atoms with Gasteiger partial charge in [0.05, 0.1) is 0 Å². The van der Waals surface area contributed by atoms with Gasteiger partial charge in [0.2, 0.25) is 6.79 Å². The smallest absolute Gasteiger partial charge is 0.251 e. The molecule has 5 nitrogen and oxygen atoms in total. The molecule has 2 heterocycles. The van der Waals surface area contributed by atoms with Crippen molar-refractivity contribution in [1.82, 2.24) is 10.2 Å². The Balaban J connectivity index is 1.49. The lowest BCUT2D eigenvalue weighted by Gasteiger charge is -2.34. The van der Waals surface area contributed by atoms with Crippen LogP contribution in [0.25, 0.3) is 0 Å². The van der Waals surface area contributed by atoms with E-state index in [1.165, 1.54) is 0 Å². The third-order valence-corrected chi connectivity index (χ3v) is 4.57. The van der Waals surface area contributed by atoms with Gasteiger partial charge < -0.3 is 19.7 Å². The highest BCUT2D eigenvalue weighted by Gasteiger charge is 2.22. The van der Waals surface area contributed by atoms with Gasteiger partial charge in [-0.25, -0.2) is 0 Å². The largest absolute Gasteiger partial charge is 0.454 e. The third kappa shape index (κ3) is 3.35. The highest BCUT2D eigenvalue weighted by atomic mass is 16.7. The van der Waals surface area contributed by atoms with Crippen LogP contribution in [0.3, 0.4) is 0 Å². The van der Waals surface area contributed by atoms with Crippen molar-refractivity contribution >= 4 is 5.91 Å². The van der Waals surface area contributed by atoms with Crippen molar-refractivity contribution in [2.75, 3.05) is 26.4 Å². The number of nitrogens with one attached hydrogen (secondary N) is 1.